The summed E-state index contributed by atoms with van der Waals surface area (Å²) in [5.74, 6) is 9.37. The molecule has 0 aromatic rings. The van der Waals surface area contributed by atoms with E-state index in [4.69, 9.17) is 5.11 Å². The molecule has 118 valence electrons. The van der Waals surface area contributed by atoms with Crippen LogP contribution in [0.3, 0.4) is 0 Å². The number of unbranched alkanes of at least 4 members (excludes halogenated alkanes) is 4. The zero-order valence-electron chi connectivity index (χ0n) is 12.6. The third kappa shape index (κ3) is 10.1. The molecule has 0 aliphatic heterocycles. The van der Waals surface area contributed by atoms with E-state index in [9.17, 15) is 15.3 Å². The van der Waals surface area contributed by atoms with Crippen molar-refractivity contribution >= 4 is 0 Å². The van der Waals surface area contributed by atoms with Gasteiger partial charge in [0.2, 0.25) is 0 Å². The molecule has 0 spiro atoms. The standard InChI is InChI=1S/C17H26O4/c1-3-5-6-7-8-12-15(19)17(21)16(20)13-10-9-11-14(18)4-2/h4,14-21H,2-3,5-8,12H2,1H3/t14-,15+,16-,17+/m1/s1. The quantitative estimate of drug-likeness (QED) is 0.290. The van der Waals surface area contributed by atoms with Crippen LogP contribution in [0, 0.1) is 23.7 Å². The van der Waals surface area contributed by atoms with Crippen molar-refractivity contribution in [2.24, 2.45) is 0 Å². The third-order valence-electron chi connectivity index (χ3n) is 3.05. The first-order valence-electron chi connectivity index (χ1n) is 7.38. The first-order valence-corrected chi connectivity index (χ1v) is 7.38. The second-order valence-corrected chi connectivity index (χ2v) is 4.92. The van der Waals surface area contributed by atoms with Crippen LogP contribution in [0.4, 0.5) is 0 Å². The molecule has 4 nitrogen and oxygen atoms in total. The molecule has 0 rings (SSSR count). The van der Waals surface area contributed by atoms with Crippen molar-refractivity contribution in [3.63, 3.8) is 0 Å². The van der Waals surface area contributed by atoms with Crippen LogP contribution in [0.15, 0.2) is 12.7 Å². The van der Waals surface area contributed by atoms with Gasteiger partial charge in [-0.2, -0.15) is 0 Å². The van der Waals surface area contributed by atoms with Crippen molar-refractivity contribution in [3.05, 3.63) is 12.7 Å². The van der Waals surface area contributed by atoms with Crippen molar-refractivity contribution < 1.29 is 20.4 Å². The molecule has 0 aromatic heterocycles. The second kappa shape index (κ2) is 12.4. The fourth-order valence-corrected chi connectivity index (χ4v) is 1.70. The summed E-state index contributed by atoms with van der Waals surface area (Å²) in [7, 11) is 0. The normalized spacial score (nSPS) is 15.7. The third-order valence-corrected chi connectivity index (χ3v) is 3.05. The average molecular weight is 294 g/mol. The van der Waals surface area contributed by atoms with Gasteiger partial charge >= 0.3 is 0 Å². The topological polar surface area (TPSA) is 80.9 Å². The molecule has 21 heavy (non-hydrogen) atoms. The van der Waals surface area contributed by atoms with Crippen molar-refractivity contribution in [1.29, 1.82) is 0 Å². The highest BCUT2D eigenvalue weighted by Gasteiger charge is 2.22. The molecule has 0 amide bonds. The summed E-state index contributed by atoms with van der Waals surface area (Å²) in [6.07, 6.45) is 2.31. The van der Waals surface area contributed by atoms with E-state index in [1.165, 1.54) is 12.5 Å². The molecule has 0 heterocycles. The predicted octanol–water partition coefficient (Wildman–Crippen LogP) is 0.983. The van der Waals surface area contributed by atoms with Gasteiger partial charge in [-0.25, -0.2) is 0 Å². The number of aliphatic hydroxyl groups is 4. The fourth-order valence-electron chi connectivity index (χ4n) is 1.70. The minimum absolute atomic E-state index is 0.435. The molecule has 0 unspecified atom stereocenters. The Labute approximate surface area is 127 Å². The van der Waals surface area contributed by atoms with Crippen LogP contribution in [0.5, 0.6) is 0 Å². The van der Waals surface area contributed by atoms with Gasteiger partial charge in [-0.1, -0.05) is 63.5 Å². The van der Waals surface area contributed by atoms with E-state index in [0.29, 0.717) is 6.42 Å². The SMILES string of the molecule is C=C[C@@H](O)C#CC#C[C@@H](O)[C@@H](O)[C@@H](O)CCCCCCC. The largest absolute Gasteiger partial charge is 0.390 e. The summed E-state index contributed by atoms with van der Waals surface area (Å²) in [5, 5.41) is 38.2. The van der Waals surface area contributed by atoms with Gasteiger partial charge in [-0.15, -0.1) is 0 Å². The molecule has 0 bridgehead atoms. The lowest BCUT2D eigenvalue weighted by molar-refractivity contribution is -0.0415. The number of hydrogen-bond donors (Lipinski definition) is 4. The minimum Gasteiger partial charge on any atom is -0.390 e. The summed E-state index contributed by atoms with van der Waals surface area (Å²) in [4.78, 5) is 0. The molecule has 0 aliphatic carbocycles. The Morgan fingerprint density at radius 3 is 2.19 bits per heavy atom. The van der Waals surface area contributed by atoms with E-state index < -0.39 is 24.4 Å². The Morgan fingerprint density at radius 1 is 0.952 bits per heavy atom. The number of aliphatic hydroxyl groups excluding tert-OH is 4. The summed E-state index contributed by atoms with van der Waals surface area (Å²) >= 11 is 0. The van der Waals surface area contributed by atoms with Crippen molar-refractivity contribution in [2.75, 3.05) is 0 Å². The van der Waals surface area contributed by atoms with Crippen LogP contribution in [-0.4, -0.2) is 44.8 Å². The maximum atomic E-state index is 9.76. The molecule has 4 atom stereocenters. The molecule has 0 aromatic carbocycles. The van der Waals surface area contributed by atoms with E-state index >= 15 is 0 Å². The van der Waals surface area contributed by atoms with Gasteiger partial charge in [0.05, 0.1) is 6.10 Å². The van der Waals surface area contributed by atoms with E-state index in [1.54, 1.807) is 0 Å². The van der Waals surface area contributed by atoms with Crippen LogP contribution in [0.1, 0.15) is 45.4 Å². The Kier molecular flexibility index (Phi) is 11.7. The van der Waals surface area contributed by atoms with Crippen LogP contribution < -0.4 is 0 Å². The Hall–Kier alpha value is -1.30. The smallest absolute Gasteiger partial charge is 0.144 e. The van der Waals surface area contributed by atoms with Gasteiger partial charge in [-0.3, -0.25) is 0 Å². The lowest BCUT2D eigenvalue weighted by Crippen LogP contribution is -2.36. The monoisotopic (exact) mass is 294 g/mol. The van der Waals surface area contributed by atoms with E-state index in [-0.39, 0.29) is 0 Å². The van der Waals surface area contributed by atoms with E-state index in [0.717, 1.165) is 25.7 Å². The molecule has 0 saturated heterocycles. The van der Waals surface area contributed by atoms with Gasteiger partial charge in [0, 0.05) is 0 Å². The number of rotatable bonds is 9. The summed E-state index contributed by atoms with van der Waals surface area (Å²) < 4.78 is 0. The van der Waals surface area contributed by atoms with Gasteiger partial charge in [0.15, 0.2) is 0 Å². The first-order chi connectivity index (χ1) is 10.0. The Bertz CT molecular complexity index is 396. The summed E-state index contributed by atoms with van der Waals surface area (Å²) in [6, 6.07) is 0. The molecule has 0 fully saturated rings. The Balaban J connectivity index is 4.11. The van der Waals surface area contributed by atoms with E-state index in [2.05, 4.69) is 37.2 Å². The maximum absolute atomic E-state index is 9.76. The molecule has 4 heteroatoms. The number of hydrogen-bond acceptors (Lipinski definition) is 4. The van der Waals surface area contributed by atoms with E-state index in [1.807, 2.05) is 0 Å². The van der Waals surface area contributed by atoms with Gasteiger partial charge < -0.3 is 20.4 Å². The summed E-state index contributed by atoms with van der Waals surface area (Å²) in [6.45, 7) is 5.48. The lowest BCUT2D eigenvalue weighted by Gasteiger charge is -2.19. The maximum Gasteiger partial charge on any atom is 0.144 e. The van der Waals surface area contributed by atoms with Crippen molar-refractivity contribution in [3.8, 4) is 23.7 Å². The van der Waals surface area contributed by atoms with Crippen LogP contribution in [0.25, 0.3) is 0 Å². The highest BCUT2D eigenvalue weighted by Crippen LogP contribution is 2.11. The zero-order valence-corrected chi connectivity index (χ0v) is 12.6. The van der Waals surface area contributed by atoms with Crippen molar-refractivity contribution in [1.82, 2.24) is 0 Å². The zero-order chi connectivity index (χ0) is 16.1. The molecular weight excluding hydrogens is 268 g/mol. The van der Waals surface area contributed by atoms with Crippen molar-refractivity contribution in [2.45, 2.75) is 69.9 Å². The fraction of sp³-hybridized carbons (Fsp3) is 0.647. The van der Waals surface area contributed by atoms with Gasteiger partial charge in [0.1, 0.15) is 18.3 Å². The first kappa shape index (κ1) is 19.7. The predicted molar refractivity (Wildman–Crippen MR) is 83.2 cm³/mol. The molecule has 4 N–H and O–H groups in total. The van der Waals surface area contributed by atoms with Crippen LogP contribution in [-0.2, 0) is 0 Å². The van der Waals surface area contributed by atoms with Gasteiger partial charge in [-0.05, 0) is 18.3 Å². The minimum atomic E-state index is -1.36. The molecule has 0 radical (unpaired) electrons. The lowest BCUT2D eigenvalue weighted by atomic mass is 10.0. The van der Waals surface area contributed by atoms with Gasteiger partial charge in [0.25, 0.3) is 0 Å². The van der Waals surface area contributed by atoms with Crippen LogP contribution >= 0.6 is 0 Å². The molecular formula is C17H26O4. The second-order valence-electron chi connectivity index (χ2n) is 4.92. The average Bonchev–Trinajstić information content (AvgIpc) is 2.49. The summed E-state index contributed by atoms with van der Waals surface area (Å²) in [5.41, 5.74) is 0. The highest BCUT2D eigenvalue weighted by molar-refractivity contribution is 5.30. The molecule has 0 aliphatic rings. The molecule has 0 saturated carbocycles. The highest BCUT2D eigenvalue weighted by atomic mass is 16.4. The van der Waals surface area contributed by atoms with Crippen LogP contribution in [0.2, 0.25) is 0 Å². The Morgan fingerprint density at radius 2 is 1.57 bits per heavy atom.